The summed E-state index contributed by atoms with van der Waals surface area (Å²) in [6.45, 7) is 0. The van der Waals surface area contributed by atoms with Gasteiger partial charge in [0, 0.05) is 0 Å². The lowest BCUT2D eigenvalue weighted by Gasteiger charge is -1.98. The molecule has 1 heterocycles. The number of imidazole rings is 1. The minimum absolute atomic E-state index is 0.473. The van der Waals surface area contributed by atoms with E-state index in [1.165, 1.54) is 22.3 Å². The second-order valence-corrected chi connectivity index (χ2v) is 5.63. The molecule has 112 valence electrons. The molecule has 5 rings (SSSR count). The average molecular weight is 299 g/mol. The number of nitrogen functional groups attached to an aromatic ring is 1. The van der Waals surface area contributed by atoms with E-state index in [9.17, 15) is 0 Å². The van der Waals surface area contributed by atoms with Crippen LogP contribution in [0.25, 0.3) is 22.2 Å². The molecule has 0 fully saturated rings. The lowest BCUT2D eigenvalue weighted by molar-refractivity contribution is 1.26. The lowest BCUT2D eigenvalue weighted by Crippen LogP contribution is -1.84. The highest BCUT2D eigenvalue weighted by Gasteiger charge is 2.15. The first-order valence-electron chi connectivity index (χ1n) is 7.68. The quantitative estimate of drug-likeness (QED) is 0.445. The summed E-state index contributed by atoms with van der Waals surface area (Å²) in [4.78, 5) is 6.96. The Morgan fingerprint density at radius 3 is 1.96 bits per heavy atom. The van der Waals surface area contributed by atoms with Crippen molar-refractivity contribution < 1.29 is 0 Å². The molecule has 1 aromatic heterocycles. The number of para-hydroxylation sites is 2. The van der Waals surface area contributed by atoms with E-state index in [1.807, 2.05) is 24.3 Å². The van der Waals surface area contributed by atoms with E-state index >= 15 is 0 Å². The van der Waals surface area contributed by atoms with Gasteiger partial charge in [0.05, 0.1) is 11.0 Å². The van der Waals surface area contributed by atoms with Crippen molar-refractivity contribution in [2.45, 2.75) is 6.42 Å². The normalized spacial score (nSPS) is 11.5. The highest BCUT2D eigenvalue weighted by molar-refractivity contribution is 5.77. The zero-order chi connectivity index (χ0) is 15.6. The highest BCUT2D eigenvalue weighted by atomic mass is 15.0. The zero-order valence-corrected chi connectivity index (χ0v) is 12.7. The van der Waals surface area contributed by atoms with Crippen molar-refractivity contribution in [1.29, 1.82) is 0 Å². The second-order valence-electron chi connectivity index (χ2n) is 5.63. The Bertz CT molecular complexity index is 893. The molecular weight excluding hydrogens is 282 g/mol. The van der Waals surface area contributed by atoms with Gasteiger partial charge in [0.1, 0.15) is 0 Å². The molecule has 3 nitrogen and oxygen atoms in total. The number of aromatic amines is 1. The monoisotopic (exact) mass is 299 g/mol. The van der Waals surface area contributed by atoms with E-state index < -0.39 is 0 Å². The van der Waals surface area contributed by atoms with Gasteiger partial charge in [-0.25, -0.2) is 4.98 Å². The van der Waals surface area contributed by atoms with Crippen LogP contribution >= 0.6 is 0 Å². The number of rotatable bonds is 0. The summed E-state index contributed by atoms with van der Waals surface area (Å²) in [5.74, 6) is 0.473. The third-order valence-corrected chi connectivity index (χ3v) is 4.11. The van der Waals surface area contributed by atoms with Crippen molar-refractivity contribution in [1.82, 2.24) is 9.97 Å². The Morgan fingerprint density at radius 2 is 1.30 bits per heavy atom. The van der Waals surface area contributed by atoms with Crippen LogP contribution in [0, 0.1) is 0 Å². The topological polar surface area (TPSA) is 54.7 Å². The number of benzene rings is 3. The molecule has 3 aromatic carbocycles. The van der Waals surface area contributed by atoms with Crippen LogP contribution in [0.4, 0.5) is 5.95 Å². The van der Waals surface area contributed by atoms with E-state index in [1.54, 1.807) is 0 Å². The second kappa shape index (κ2) is 5.61. The first kappa shape index (κ1) is 13.6. The number of nitrogens with zero attached hydrogens (tertiary/aromatic N) is 1. The van der Waals surface area contributed by atoms with Gasteiger partial charge in [-0.2, -0.15) is 0 Å². The van der Waals surface area contributed by atoms with Gasteiger partial charge >= 0.3 is 0 Å². The molecule has 0 atom stereocenters. The number of hydrogen-bond donors (Lipinski definition) is 2. The molecule has 0 bridgehead atoms. The number of aromatic nitrogens is 2. The minimum Gasteiger partial charge on any atom is -0.369 e. The van der Waals surface area contributed by atoms with Crippen LogP contribution in [0.15, 0.2) is 72.8 Å². The number of hydrogen-bond acceptors (Lipinski definition) is 2. The molecule has 3 heteroatoms. The van der Waals surface area contributed by atoms with Crippen molar-refractivity contribution in [3.05, 3.63) is 83.9 Å². The van der Waals surface area contributed by atoms with E-state index in [0.29, 0.717) is 5.95 Å². The molecule has 0 radical (unpaired) electrons. The molecule has 0 amide bonds. The van der Waals surface area contributed by atoms with Crippen molar-refractivity contribution in [2.24, 2.45) is 0 Å². The van der Waals surface area contributed by atoms with Crippen LogP contribution in [0.1, 0.15) is 11.1 Å². The molecule has 0 saturated carbocycles. The molecule has 0 saturated heterocycles. The number of anilines is 1. The fourth-order valence-corrected chi connectivity index (χ4v) is 3.05. The maximum absolute atomic E-state index is 5.42. The summed E-state index contributed by atoms with van der Waals surface area (Å²) in [7, 11) is 0. The fourth-order valence-electron chi connectivity index (χ4n) is 3.05. The molecule has 1 aliphatic carbocycles. The summed E-state index contributed by atoms with van der Waals surface area (Å²) >= 11 is 0. The van der Waals surface area contributed by atoms with E-state index in [0.717, 1.165) is 17.5 Å². The largest absolute Gasteiger partial charge is 0.369 e. The number of nitrogens with one attached hydrogen (secondary N) is 1. The third kappa shape index (κ3) is 2.57. The first-order chi connectivity index (χ1) is 11.3. The van der Waals surface area contributed by atoms with Gasteiger partial charge in [-0.3, -0.25) is 0 Å². The molecule has 1 aliphatic rings. The van der Waals surface area contributed by atoms with Gasteiger partial charge < -0.3 is 10.7 Å². The summed E-state index contributed by atoms with van der Waals surface area (Å²) in [5, 5.41) is 0. The summed E-state index contributed by atoms with van der Waals surface area (Å²) < 4.78 is 0. The van der Waals surface area contributed by atoms with E-state index in [-0.39, 0.29) is 0 Å². The van der Waals surface area contributed by atoms with Gasteiger partial charge in [0.25, 0.3) is 0 Å². The maximum Gasteiger partial charge on any atom is 0.198 e. The summed E-state index contributed by atoms with van der Waals surface area (Å²) in [6.07, 6.45) is 1.10. The predicted molar refractivity (Wildman–Crippen MR) is 95.2 cm³/mol. The van der Waals surface area contributed by atoms with Crippen LogP contribution in [0.5, 0.6) is 0 Å². The Morgan fingerprint density at radius 1 is 0.739 bits per heavy atom. The molecule has 23 heavy (non-hydrogen) atoms. The molecule has 0 aliphatic heterocycles. The SMILES string of the molecule is Nc1nc2ccccc2[nH]1.c1ccc2c(c1)Cc1ccccc1-2. The Labute approximate surface area is 134 Å². The Kier molecular flexibility index (Phi) is 3.31. The first-order valence-corrected chi connectivity index (χ1v) is 7.68. The van der Waals surface area contributed by atoms with Crippen molar-refractivity contribution in [3.63, 3.8) is 0 Å². The molecule has 4 aromatic rings. The van der Waals surface area contributed by atoms with Crippen molar-refractivity contribution >= 4 is 17.0 Å². The van der Waals surface area contributed by atoms with Gasteiger partial charge in [-0.15, -0.1) is 0 Å². The van der Waals surface area contributed by atoms with Crippen molar-refractivity contribution in [2.75, 3.05) is 5.73 Å². The number of fused-ring (bicyclic) bond motifs is 4. The van der Waals surface area contributed by atoms with Gasteiger partial charge in [-0.1, -0.05) is 60.7 Å². The van der Waals surface area contributed by atoms with Crippen LogP contribution in [0.3, 0.4) is 0 Å². The van der Waals surface area contributed by atoms with Crippen LogP contribution < -0.4 is 5.73 Å². The number of H-pyrrole nitrogens is 1. The minimum atomic E-state index is 0.473. The molecular formula is C20H17N3. The van der Waals surface area contributed by atoms with Crippen LogP contribution in [-0.2, 0) is 6.42 Å². The predicted octanol–water partition coefficient (Wildman–Crippen LogP) is 4.40. The number of nitrogens with two attached hydrogens (primary N) is 1. The van der Waals surface area contributed by atoms with Crippen LogP contribution in [0.2, 0.25) is 0 Å². The average Bonchev–Trinajstić information content (AvgIpc) is 3.14. The summed E-state index contributed by atoms with van der Waals surface area (Å²) in [6, 6.07) is 25.0. The maximum atomic E-state index is 5.42. The highest BCUT2D eigenvalue weighted by Crippen LogP contribution is 2.35. The van der Waals surface area contributed by atoms with Gasteiger partial charge in [-0.05, 0) is 40.8 Å². The molecule has 0 unspecified atom stereocenters. The fraction of sp³-hybridized carbons (Fsp3) is 0.0500. The lowest BCUT2D eigenvalue weighted by atomic mass is 10.1. The van der Waals surface area contributed by atoms with E-state index in [2.05, 4.69) is 58.5 Å². The zero-order valence-electron chi connectivity index (χ0n) is 12.7. The summed E-state index contributed by atoms with van der Waals surface area (Å²) in [5.41, 5.74) is 13.1. The Hall–Kier alpha value is -3.07. The molecule has 0 spiro atoms. The van der Waals surface area contributed by atoms with E-state index in [4.69, 9.17) is 5.73 Å². The van der Waals surface area contributed by atoms with Crippen molar-refractivity contribution in [3.8, 4) is 11.1 Å². The standard InChI is InChI=1S/C13H10.C7H7N3/c1-3-7-12-10(5-1)9-11-6-2-4-8-13(11)12;8-7-9-5-3-1-2-4-6(5)10-7/h1-8H,9H2;1-4H,(H3,8,9,10). The molecule has 3 N–H and O–H groups in total. The van der Waals surface area contributed by atoms with Gasteiger partial charge in [0.15, 0.2) is 5.95 Å². The third-order valence-electron chi connectivity index (χ3n) is 4.11. The van der Waals surface area contributed by atoms with Crippen LogP contribution in [-0.4, -0.2) is 9.97 Å². The Balaban J connectivity index is 0.000000122. The van der Waals surface area contributed by atoms with Gasteiger partial charge in [0.2, 0.25) is 0 Å². The smallest absolute Gasteiger partial charge is 0.198 e.